The van der Waals surface area contributed by atoms with Crippen LogP contribution in [0.1, 0.15) is 0 Å². The van der Waals surface area contributed by atoms with Crippen LogP contribution in [0.25, 0.3) is 11.3 Å². The SMILES string of the molecule is C[Si](C)(C)CCOCn1cnc(-c2cccnc2)c1. The second-order valence-corrected chi connectivity index (χ2v) is 11.5. The molecule has 5 heteroatoms. The lowest BCUT2D eigenvalue weighted by molar-refractivity contribution is 0.0872. The first-order valence-corrected chi connectivity index (χ1v) is 10.3. The van der Waals surface area contributed by atoms with Gasteiger partial charge >= 0.3 is 0 Å². The van der Waals surface area contributed by atoms with Crippen molar-refractivity contribution >= 4 is 8.07 Å². The van der Waals surface area contributed by atoms with E-state index in [2.05, 4.69) is 29.6 Å². The zero-order valence-electron chi connectivity index (χ0n) is 11.8. The maximum atomic E-state index is 5.69. The van der Waals surface area contributed by atoms with Gasteiger partial charge in [0.2, 0.25) is 0 Å². The maximum Gasteiger partial charge on any atom is 0.123 e. The molecule has 0 saturated carbocycles. The minimum atomic E-state index is -1.00. The third kappa shape index (κ3) is 4.61. The van der Waals surface area contributed by atoms with E-state index in [-0.39, 0.29) is 0 Å². The fraction of sp³-hybridized carbons (Fsp3) is 0.429. The lowest BCUT2D eigenvalue weighted by Crippen LogP contribution is -2.21. The minimum Gasteiger partial charge on any atom is -0.361 e. The zero-order chi connectivity index (χ0) is 13.7. The van der Waals surface area contributed by atoms with Gasteiger partial charge in [-0.15, -0.1) is 0 Å². The van der Waals surface area contributed by atoms with Crippen LogP contribution in [0.5, 0.6) is 0 Å². The Morgan fingerprint density at radius 2 is 2.16 bits per heavy atom. The summed E-state index contributed by atoms with van der Waals surface area (Å²) in [6.07, 6.45) is 7.38. The van der Waals surface area contributed by atoms with Gasteiger partial charge in [-0.2, -0.15) is 0 Å². The molecule has 19 heavy (non-hydrogen) atoms. The highest BCUT2D eigenvalue weighted by atomic mass is 28.3. The normalized spacial score (nSPS) is 11.7. The Labute approximate surface area is 115 Å². The van der Waals surface area contributed by atoms with Crippen molar-refractivity contribution in [2.24, 2.45) is 0 Å². The average Bonchev–Trinajstić information content (AvgIpc) is 2.83. The molecule has 0 atom stereocenters. The summed E-state index contributed by atoms with van der Waals surface area (Å²) >= 11 is 0. The van der Waals surface area contributed by atoms with Crippen LogP contribution >= 0.6 is 0 Å². The van der Waals surface area contributed by atoms with E-state index in [9.17, 15) is 0 Å². The summed E-state index contributed by atoms with van der Waals surface area (Å²) in [5.41, 5.74) is 1.96. The van der Waals surface area contributed by atoms with E-state index >= 15 is 0 Å². The van der Waals surface area contributed by atoms with Gasteiger partial charge in [-0.05, 0) is 18.2 Å². The van der Waals surface area contributed by atoms with Crippen LogP contribution in [0.3, 0.4) is 0 Å². The summed E-state index contributed by atoms with van der Waals surface area (Å²) < 4.78 is 7.65. The summed E-state index contributed by atoms with van der Waals surface area (Å²) in [5.74, 6) is 0. The van der Waals surface area contributed by atoms with Crippen LogP contribution in [-0.2, 0) is 11.5 Å². The van der Waals surface area contributed by atoms with Crippen molar-refractivity contribution in [3.8, 4) is 11.3 Å². The number of pyridine rings is 1. The first kappa shape index (κ1) is 14.0. The predicted octanol–water partition coefficient (Wildman–Crippen LogP) is 3.26. The Balaban J connectivity index is 1.85. The molecule has 0 aliphatic heterocycles. The molecule has 0 amide bonds. The second-order valence-electron chi connectivity index (χ2n) is 5.86. The zero-order valence-corrected chi connectivity index (χ0v) is 12.8. The molecule has 0 aliphatic rings. The Morgan fingerprint density at radius 1 is 1.32 bits per heavy atom. The molecule has 2 rings (SSSR count). The van der Waals surface area contributed by atoms with Crippen molar-refractivity contribution in [2.45, 2.75) is 32.4 Å². The summed E-state index contributed by atoms with van der Waals surface area (Å²) in [6, 6.07) is 5.11. The van der Waals surface area contributed by atoms with Crippen molar-refractivity contribution in [1.82, 2.24) is 14.5 Å². The highest BCUT2D eigenvalue weighted by Crippen LogP contribution is 2.15. The van der Waals surface area contributed by atoms with Crippen molar-refractivity contribution in [3.05, 3.63) is 37.1 Å². The summed E-state index contributed by atoms with van der Waals surface area (Å²) in [5, 5.41) is 0. The molecule has 0 unspecified atom stereocenters. The molecule has 102 valence electrons. The highest BCUT2D eigenvalue weighted by molar-refractivity contribution is 6.76. The van der Waals surface area contributed by atoms with Gasteiger partial charge in [-0.1, -0.05) is 19.6 Å². The topological polar surface area (TPSA) is 39.9 Å². The lowest BCUT2D eigenvalue weighted by Gasteiger charge is -2.15. The molecular formula is C14H21N3OSi. The summed E-state index contributed by atoms with van der Waals surface area (Å²) in [4.78, 5) is 8.46. The van der Waals surface area contributed by atoms with E-state index in [0.29, 0.717) is 6.73 Å². The van der Waals surface area contributed by atoms with Crippen molar-refractivity contribution in [2.75, 3.05) is 6.61 Å². The highest BCUT2D eigenvalue weighted by Gasteiger charge is 2.12. The largest absolute Gasteiger partial charge is 0.361 e. The van der Waals surface area contributed by atoms with E-state index in [1.807, 2.05) is 29.1 Å². The Bertz CT molecular complexity index is 505. The standard InChI is InChI=1S/C14H21N3OSi/c1-19(2,3)8-7-18-12-17-10-14(16-11-17)13-5-4-6-15-9-13/h4-6,9-11H,7-8,12H2,1-3H3. The number of imidazole rings is 1. The van der Waals surface area contributed by atoms with Gasteiger partial charge in [0.25, 0.3) is 0 Å². The van der Waals surface area contributed by atoms with Crippen LogP contribution in [0.15, 0.2) is 37.1 Å². The van der Waals surface area contributed by atoms with E-state index in [4.69, 9.17) is 4.74 Å². The smallest absolute Gasteiger partial charge is 0.123 e. The van der Waals surface area contributed by atoms with Crippen molar-refractivity contribution in [3.63, 3.8) is 0 Å². The van der Waals surface area contributed by atoms with Crippen LogP contribution in [-0.4, -0.2) is 29.2 Å². The van der Waals surface area contributed by atoms with Gasteiger partial charge in [0.15, 0.2) is 0 Å². The van der Waals surface area contributed by atoms with Gasteiger partial charge in [-0.3, -0.25) is 4.98 Å². The summed E-state index contributed by atoms with van der Waals surface area (Å²) in [6.45, 7) is 8.46. The first-order chi connectivity index (χ1) is 9.04. The van der Waals surface area contributed by atoms with Crippen LogP contribution in [0.4, 0.5) is 0 Å². The molecule has 2 heterocycles. The van der Waals surface area contributed by atoms with Gasteiger partial charge < -0.3 is 9.30 Å². The fourth-order valence-corrected chi connectivity index (χ4v) is 2.40. The molecule has 2 aromatic rings. The molecule has 0 aliphatic carbocycles. The lowest BCUT2D eigenvalue weighted by atomic mass is 10.2. The molecule has 0 N–H and O–H groups in total. The fourth-order valence-electron chi connectivity index (χ4n) is 1.64. The van der Waals surface area contributed by atoms with Crippen LogP contribution < -0.4 is 0 Å². The molecule has 0 bridgehead atoms. The predicted molar refractivity (Wildman–Crippen MR) is 79.6 cm³/mol. The Hall–Kier alpha value is -1.46. The second kappa shape index (κ2) is 6.12. The molecule has 0 saturated heterocycles. The minimum absolute atomic E-state index is 0.567. The maximum absolute atomic E-state index is 5.69. The monoisotopic (exact) mass is 275 g/mol. The molecule has 4 nitrogen and oxygen atoms in total. The van der Waals surface area contributed by atoms with Crippen molar-refractivity contribution in [1.29, 1.82) is 0 Å². The van der Waals surface area contributed by atoms with E-state index < -0.39 is 8.07 Å². The number of aromatic nitrogens is 3. The number of hydrogen-bond donors (Lipinski definition) is 0. The number of nitrogens with zero attached hydrogens (tertiary/aromatic N) is 3. The molecule has 2 aromatic heterocycles. The summed E-state index contributed by atoms with van der Waals surface area (Å²) in [7, 11) is -1.00. The molecule has 0 fully saturated rings. The molecule has 0 spiro atoms. The number of ether oxygens (including phenoxy) is 1. The number of hydrogen-bond acceptors (Lipinski definition) is 3. The molecular weight excluding hydrogens is 254 g/mol. The Kier molecular flexibility index (Phi) is 4.50. The van der Waals surface area contributed by atoms with Gasteiger partial charge in [0, 0.05) is 38.8 Å². The van der Waals surface area contributed by atoms with Gasteiger partial charge in [0.1, 0.15) is 6.73 Å². The van der Waals surface area contributed by atoms with Gasteiger partial charge in [0.05, 0.1) is 12.0 Å². The third-order valence-corrected chi connectivity index (χ3v) is 4.53. The quantitative estimate of drug-likeness (QED) is 0.600. The first-order valence-electron chi connectivity index (χ1n) is 6.54. The van der Waals surface area contributed by atoms with Crippen molar-refractivity contribution < 1.29 is 4.74 Å². The van der Waals surface area contributed by atoms with E-state index in [1.54, 1.807) is 12.5 Å². The van der Waals surface area contributed by atoms with Gasteiger partial charge in [-0.25, -0.2) is 4.98 Å². The molecule has 0 radical (unpaired) electrons. The van der Waals surface area contributed by atoms with Crippen LogP contribution in [0, 0.1) is 0 Å². The van der Waals surface area contributed by atoms with E-state index in [1.165, 1.54) is 6.04 Å². The van der Waals surface area contributed by atoms with E-state index in [0.717, 1.165) is 17.9 Å². The third-order valence-electron chi connectivity index (χ3n) is 2.83. The Morgan fingerprint density at radius 3 is 2.84 bits per heavy atom. The molecule has 0 aromatic carbocycles. The van der Waals surface area contributed by atoms with Crippen LogP contribution in [0.2, 0.25) is 25.7 Å². The number of rotatable bonds is 6. The average molecular weight is 275 g/mol.